The first-order valence-corrected chi connectivity index (χ1v) is 13.6. The quantitative estimate of drug-likeness (QED) is 0.305. The average molecular weight is 495 g/mol. The lowest BCUT2D eigenvalue weighted by atomic mass is 9.99. The van der Waals surface area contributed by atoms with E-state index in [1.54, 1.807) is 0 Å². The molecule has 0 spiro atoms. The second-order valence-electron chi connectivity index (χ2n) is 10.2. The largest absolute Gasteiger partial charge is 0.490 e. The van der Waals surface area contributed by atoms with Gasteiger partial charge in [-0.1, -0.05) is 49.2 Å². The van der Waals surface area contributed by atoms with E-state index in [-0.39, 0.29) is 6.04 Å². The fraction of sp³-hybridized carbons (Fsp3) is 0.400. The van der Waals surface area contributed by atoms with Gasteiger partial charge in [0.05, 0.1) is 18.2 Å². The van der Waals surface area contributed by atoms with Gasteiger partial charge in [0.25, 0.3) is 0 Å². The number of rotatable bonds is 9. The molecule has 2 aliphatic carbocycles. The molecule has 2 fully saturated rings. The van der Waals surface area contributed by atoms with E-state index in [0.717, 1.165) is 48.4 Å². The smallest absolute Gasteiger partial charge is 0.173 e. The lowest BCUT2D eigenvalue weighted by Gasteiger charge is -2.23. The van der Waals surface area contributed by atoms with E-state index in [1.165, 1.54) is 36.8 Å². The van der Waals surface area contributed by atoms with E-state index in [4.69, 9.17) is 4.74 Å². The third-order valence-corrected chi connectivity index (χ3v) is 7.75. The summed E-state index contributed by atoms with van der Waals surface area (Å²) in [4.78, 5) is 4.19. The van der Waals surface area contributed by atoms with Crippen molar-refractivity contribution in [1.29, 1.82) is 0 Å². The van der Waals surface area contributed by atoms with Crippen LogP contribution in [0.3, 0.4) is 0 Å². The molecule has 190 valence electrons. The highest BCUT2D eigenvalue weighted by Crippen LogP contribution is 2.33. The first kappa shape index (κ1) is 23.8. The van der Waals surface area contributed by atoms with Gasteiger partial charge in [0.15, 0.2) is 5.82 Å². The molecule has 0 amide bonds. The molecular weight excluding hydrogens is 460 g/mol. The summed E-state index contributed by atoms with van der Waals surface area (Å²) in [5, 5.41) is 16.9. The molecule has 37 heavy (non-hydrogen) atoms. The number of nitrogens with one attached hydrogen (secondary N) is 1. The number of ether oxygens (including phenoxy) is 1. The van der Waals surface area contributed by atoms with E-state index >= 15 is 0 Å². The predicted molar refractivity (Wildman–Crippen MR) is 143 cm³/mol. The zero-order valence-electron chi connectivity index (χ0n) is 21.2. The molecule has 2 saturated carbocycles. The highest BCUT2D eigenvalue weighted by Gasteiger charge is 2.28. The maximum atomic E-state index is 6.36. The molecule has 2 heterocycles. The summed E-state index contributed by atoms with van der Waals surface area (Å²) in [5.41, 5.74) is 4.69. The topological polar surface area (TPSA) is 77.8 Å². The molecule has 2 aliphatic rings. The van der Waals surface area contributed by atoms with Crippen LogP contribution in [0.1, 0.15) is 80.4 Å². The van der Waals surface area contributed by atoms with Gasteiger partial charge in [-0.3, -0.25) is 10.3 Å². The number of benzene rings is 2. The van der Waals surface area contributed by atoms with Crippen LogP contribution >= 0.6 is 0 Å². The van der Waals surface area contributed by atoms with Crippen molar-refractivity contribution in [3.63, 3.8) is 0 Å². The Kier molecular flexibility index (Phi) is 7.21. The Morgan fingerprint density at radius 3 is 2.51 bits per heavy atom. The molecule has 6 rings (SSSR count). The van der Waals surface area contributed by atoms with E-state index in [2.05, 4.69) is 91.2 Å². The second-order valence-corrected chi connectivity index (χ2v) is 10.2. The van der Waals surface area contributed by atoms with Crippen LogP contribution in [0.4, 0.5) is 0 Å². The third kappa shape index (κ3) is 5.42. The third-order valence-electron chi connectivity index (χ3n) is 7.75. The van der Waals surface area contributed by atoms with Gasteiger partial charge in [0.2, 0.25) is 0 Å². The summed E-state index contributed by atoms with van der Waals surface area (Å²) in [6.45, 7) is 0.675. The Morgan fingerprint density at radius 2 is 1.68 bits per heavy atom. The van der Waals surface area contributed by atoms with Crippen LogP contribution < -0.4 is 10.1 Å². The van der Waals surface area contributed by atoms with Crippen molar-refractivity contribution in [2.45, 2.75) is 76.1 Å². The molecule has 1 atom stereocenters. The van der Waals surface area contributed by atoms with Crippen molar-refractivity contribution < 1.29 is 4.74 Å². The highest BCUT2D eigenvalue weighted by atomic mass is 16.5. The number of hydrogen-bond acceptors (Lipinski definition) is 6. The Morgan fingerprint density at radius 1 is 0.892 bits per heavy atom. The average Bonchev–Trinajstić information content (AvgIpc) is 3.73. The highest BCUT2D eigenvalue weighted by molar-refractivity contribution is 5.66. The van der Waals surface area contributed by atoms with Gasteiger partial charge >= 0.3 is 0 Å². The molecule has 2 aromatic heterocycles. The Hall–Kier alpha value is -3.58. The molecule has 7 nitrogen and oxygen atoms in total. The van der Waals surface area contributed by atoms with Crippen LogP contribution in [-0.2, 0) is 6.54 Å². The minimum absolute atomic E-state index is 0.159. The van der Waals surface area contributed by atoms with Crippen LogP contribution in [0.15, 0.2) is 73.1 Å². The minimum atomic E-state index is -0.159. The zero-order valence-corrected chi connectivity index (χ0v) is 21.2. The van der Waals surface area contributed by atoms with Gasteiger partial charge in [0, 0.05) is 18.9 Å². The minimum Gasteiger partial charge on any atom is -0.490 e. The molecule has 1 N–H and O–H groups in total. The van der Waals surface area contributed by atoms with Crippen LogP contribution in [0.2, 0.25) is 0 Å². The van der Waals surface area contributed by atoms with E-state index in [0.29, 0.717) is 18.7 Å². The van der Waals surface area contributed by atoms with Gasteiger partial charge in [-0.2, -0.15) is 0 Å². The van der Waals surface area contributed by atoms with Crippen LogP contribution in [0.5, 0.6) is 5.75 Å². The fourth-order valence-corrected chi connectivity index (χ4v) is 5.82. The maximum absolute atomic E-state index is 6.36. The first-order chi connectivity index (χ1) is 18.3. The summed E-state index contributed by atoms with van der Waals surface area (Å²) in [7, 11) is 0. The van der Waals surface area contributed by atoms with E-state index in [9.17, 15) is 0 Å². The number of tetrazole rings is 1. The normalized spacial score (nSPS) is 17.3. The van der Waals surface area contributed by atoms with Crippen LogP contribution in [0.25, 0.3) is 11.1 Å². The first-order valence-electron chi connectivity index (χ1n) is 13.6. The molecule has 0 saturated heterocycles. The molecule has 0 bridgehead atoms. The summed E-state index contributed by atoms with van der Waals surface area (Å²) < 4.78 is 8.42. The van der Waals surface area contributed by atoms with Crippen LogP contribution in [0, 0.1) is 0 Å². The van der Waals surface area contributed by atoms with Crippen molar-refractivity contribution in [2.24, 2.45) is 0 Å². The van der Waals surface area contributed by atoms with E-state index in [1.807, 2.05) is 12.4 Å². The Balaban J connectivity index is 1.32. The molecule has 1 unspecified atom stereocenters. The summed E-state index contributed by atoms with van der Waals surface area (Å²) in [6, 6.07) is 21.3. The zero-order chi connectivity index (χ0) is 24.9. The molecule has 2 aromatic carbocycles. The van der Waals surface area contributed by atoms with Gasteiger partial charge in [-0.25, -0.2) is 4.68 Å². The summed E-state index contributed by atoms with van der Waals surface area (Å²) >= 11 is 0. The van der Waals surface area contributed by atoms with Gasteiger partial charge in [-0.15, -0.1) is 5.10 Å². The number of nitrogens with zero attached hydrogens (tertiary/aromatic N) is 5. The van der Waals surface area contributed by atoms with Gasteiger partial charge in [0.1, 0.15) is 5.75 Å². The Bertz CT molecular complexity index is 1290. The van der Waals surface area contributed by atoms with Crippen molar-refractivity contribution in [3.8, 4) is 16.9 Å². The standard InChI is InChI=1S/C30H34N6O/c1-6-15-28(22-16-18-31-19-17-22)24(8-1)21-32-29(30-33-34-35-36(30)25-10-2-3-11-25)23-9-7-14-27(20-23)37-26-12-4-5-13-26/h1,6-9,14-20,25-26,29,32H,2-5,10-13,21H2. The SMILES string of the molecule is c1cc(OC2CCCC2)cc(C(NCc2ccccc2-c2ccncc2)c2nnnn2C2CCCC2)c1. The molecular formula is C30H34N6O. The van der Waals surface area contributed by atoms with Crippen LogP contribution in [-0.4, -0.2) is 31.3 Å². The van der Waals surface area contributed by atoms with Crippen molar-refractivity contribution in [1.82, 2.24) is 30.5 Å². The lowest BCUT2D eigenvalue weighted by Crippen LogP contribution is -2.27. The molecule has 4 aromatic rings. The molecule has 0 aliphatic heterocycles. The predicted octanol–water partition coefficient (Wildman–Crippen LogP) is 6.05. The lowest BCUT2D eigenvalue weighted by molar-refractivity contribution is 0.209. The van der Waals surface area contributed by atoms with Crippen molar-refractivity contribution >= 4 is 0 Å². The molecule has 7 heteroatoms. The number of pyridine rings is 1. The van der Waals surface area contributed by atoms with E-state index < -0.39 is 0 Å². The van der Waals surface area contributed by atoms with Crippen molar-refractivity contribution in [3.05, 3.63) is 90.0 Å². The fourth-order valence-electron chi connectivity index (χ4n) is 5.82. The van der Waals surface area contributed by atoms with Crippen molar-refractivity contribution in [2.75, 3.05) is 0 Å². The summed E-state index contributed by atoms with van der Waals surface area (Å²) in [6.07, 6.45) is 13.5. The maximum Gasteiger partial charge on any atom is 0.173 e. The number of hydrogen-bond donors (Lipinski definition) is 1. The second kappa shape index (κ2) is 11.2. The monoisotopic (exact) mass is 494 g/mol. The Labute approximate surface area is 218 Å². The summed E-state index contributed by atoms with van der Waals surface area (Å²) in [5.74, 6) is 1.79. The molecule has 0 radical (unpaired) electrons. The van der Waals surface area contributed by atoms with Gasteiger partial charge in [-0.05, 0) is 95.5 Å². The number of aromatic nitrogens is 5. The van der Waals surface area contributed by atoms with Gasteiger partial charge < -0.3 is 4.74 Å².